The van der Waals surface area contributed by atoms with Crippen LogP contribution in [0.25, 0.3) is 5.69 Å². The summed E-state index contributed by atoms with van der Waals surface area (Å²) in [5, 5.41) is 21.6. The number of carbonyl (C=O) groups is 1. The van der Waals surface area contributed by atoms with Crippen LogP contribution in [0.1, 0.15) is 15.2 Å². The molecule has 106 valence electrons. The molecule has 0 aliphatic carbocycles. The largest absolute Gasteiger partial charge is 0.478 e. The summed E-state index contributed by atoms with van der Waals surface area (Å²) in [6.45, 7) is 0.559. The number of aromatic carboxylic acids is 1. The molecule has 3 aromatic rings. The van der Waals surface area contributed by atoms with Gasteiger partial charge in [0.1, 0.15) is 0 Å². The van der Waals surface area contributed by atoms with Crippen molar-refractivity contribution >= 4 is 23.0 Å². The van der Waals surface area contributed by atoms with E-state index >= 15 is 0 Å². The Morgan fingerprint density at radius 2 is 2.24 bits per heavy atom. The van der Waals surface area contributed by atoms with Crippen molar-refractivity contribution in [3.05, 3.63) is 58.5 Å². The molecule has 0 aliphatic heterocycles. The number of benzene rings is 1. The van der Waals surface area contributed by atoms with Gasteiger partial charge in [-0.25, -0.2) is 9.48 Å². The van der Waals surface area contributed by atoms with Gasteiger partial charge in [0.15, 0.2) is 0 Å². The lowest BCUT2D eigenvalue weighted by Crippen LogP contribution is -2.04. The Kier molecular flexibility index (Phi) is 3.65. The summed E-state index contributed by atoms with van der Waals surface area (Å²) in [4.78, 5) is 11.8. The van der Waals surface area contributed by atoms with Crippen LogP contribution in [-0.2, 0) is 6.54 Å². The van der Waals surface area contributed by atoms with Crippen molar-refractivity contribution in [2.24, 2.45) is 0 Å². The number of rotatable bonds is 5. The number of anilines is 1. The molecule has 0 aliphatic rings. The van der Waals surface area contributed by atoms with Crippen molar-refractivity contribution in [3.8, 4) is 5.69 Å². The zero-order chi connectivity index (χ0) is 14.7. The Labute approximate surface area is 124 Å². The van der Waals surface area contributed by atoms with Crippen LogP contribution in [0.5, 0.6) is 0 Å². The fourth-order valence-corrected chi connectivity index (χ4v) is 2.73. The molecule has 0 bridgehead atoms. The van der Waals surface area contributed by atoms with E-state index in [9.17, 15) is 4.79 Å². The van der Waals surface area contributed by atoms with E-state index in [1.807, 2.05) is 24.3 Å². The van der Waals surface area contributed by atoms with Crippen molar-refractivity contribution in [2.45, 2.75) is 6.54 Å². The number of nitrogens with zero attached hydrogens (tertiary/aromatic N) is 3. The van der Waals surface area contributed by atoms with E-state index in [-0.39, 0.29) is 0 Å². The van der Waals surface area contributed by atoms with Crippen LogP contribution >= 0.6 is 11.3 Å². The van der Waals surface area contributed by atoms with Crippen molar-refractivity contribution < 1.29 is 9.90 Å². The van der Waals surface area contributed by atoms with Crippen LogP contribution in [0.2, 0.25) is 0 Å². The molecule has 3 rings (SSSR count). The van der Waals surface area contributed by atoms with Crippen LogP contribution in [-0.4, -0.2) is 26.1 Å². The van der Waals surface area contributed by atoms with E-state index in [2.05, 4.69) is 15.6 Å². The summed E-state index contributed by atoms with van der Waals surface area (Å²) in [5.41, 5.74) is 2.12. The minimum atomic E-state index is -0.902. The molecule has 0 saturated heterocycles. The lowest BCUT2D eigenvalue weighted by atomic mass is 10.2. The Hall–Kier alpha value is -2.67. The van der Waals surface area contributed by atoms with Crippen molar-refractivity contribution in [2.75, 3.05) is 5.32 Å². The molecule has 7 heteroatoms. The molecule has 0 atom stereocenters. The predicted molar refractivity (Wildman–Crippen MR) is 80.0 cm³/mol. The average Bonchev–Trinajstić information content (AvgIpc) is 3.17. The molecule has 2 N–H and O–H groups in total. The zero-order valence-electron chi connectivity index (χ0n) is 10.9. The number of para-hydroxylation sites is 2. The topological polar surface area (TPSA) is 80.0 Å². The summed E-state index contributed by atoms with van der Waals surface area (Å²) in [6, 6.07) is 9.42. The third-order valence-electron chi connectivity index (χ3n) is 2.93. The summed E-state index contributed by atoms with van der Waals surface area (Å²) in [7, 11) is 0. The van der Waals surface area contributed by atoms with E-state index in [4.69, 9.17) is 5.11 Å². The highest BCUT2D eigenvalue weighted by atomic mass is 32.1. The number of hydrogen-bond donors (Lipinski definition) is 2. The highest BCUT2D eigenvalue weighted by molar-refractivity contribution is 7.10. The van der Waals surface area contributed by atoms with Gasteiger partial charge in [0.2, 0.25) is 0 Å². The highest BCUT2D eigenvalue weighted by Gasteiger charge is 2.08. The normalized spacial score (nSPS) is 10.5. The smallest absolute Gasteiger partial charge is 0.336 e. The summed E-state index contributed by atoms with van der Waals surface area (Å²) >= 11 is 1.42. The van der Waals surface area contributed by atoms with Crippen LogP contribution in [0.3, 0.4) is 0 Å². The number of thiophene rings is 1. The molecule has 21 heavy (non-hydrogen) atoms. The standard InChI is InChI=1S/C14H12N4O2S/c19-14(20)10-7-11(21-9-10)8-15-12-3-1-2-4-13(12)18-6-5-16-17-18/h1-7,9,15H,8H2,(H,19,20). The van der Waals surface area contributed by atoms with Gasteiger partial charge in [-0.2, -0.15) is 0 Å². The summed E-state index contributed by atoms with van der Waals surface area (Å²) in [6.07, 6.45) is 3.39. The number of hydrogen-bond acceptors (Lipinski definition) is 5. The van der Waals surface area contributed by atoms with Crippen LogP contribution in [0, 0.1) is 0 Å². The molecular weight excluding hydrogens is 288 g/mol. The summed E-state index contributed by atoms with van der Waals surface area (Å²) in [5.74, 6) is -0.902. The van der Waals surface area contributed by atoms with Gasteiger partial charge in [0, 0.05) is 16.8 Å². The number of aromatic nitrogens is 3. The van der Waals surface area contributed by atoms with Gasteiger partial charge in [-0.15, -0.1) is 16.4 Å². The molecule has 0 spiro atoms. The Morgan fingerprint density at radius 3 is 2.95 bits per heavy atom. The highest BCUT2D eigenvalue weighted by Crippen LogP contribution is 2.21. The van der Waals surface area contributed by atoms with Crippen LogP contribution < -0.4 is 5.32 Å². The SMILES string of the molecule is O=C(O)c1csc(CNc2ccccc2-n2ccnn2)c1. The molecule has 1 aromatic carbocycles. The first-order valence-electron chi connectivity index (χ1n) is 6.24. The van der Waals surface area contributed by atoms with Crippen LogP contribution in [0.15, 0.2) is 48.1 Å². The maximum atomic E-state index is 10.9. The Bertz CT molecular complexity index is 752. The van der Waals surface area contributed by atoms with Crippen molar-refractivity contribution in [1.82, 2.24) is 15.0 Å². The molecule has 6 nitrogen and oxygen atoms in total. The average molecular weight is 300 g/mol. The van der Waals surface area contributed by atoms with E-state index < -0.39 is 5.97 Å². The fraction of sp³-hybridized carbons (Fsp3) is 0.0714. The van der Waals surface area contributed by atoms with Gasteiger partial charge in [0.25, 0.3) is 0 Å². The zero-order valence-corrected chi connectivity index (χ0v) is 11.7. The number of carboxylic acids is 1. The second-order valence-electron chi connectivity index (χ2n) is 4.33. The first-order chi connectivity index (χ1) is 10.2. The maximum Gasteiger partial charge on any atom is 0.336 e. The minimum absolute atomic E-state index is 0.321. The Balaban J connectivity index is 1.77. The fourth-order valence-electron chi connectivity index (χ4n) is 1.93. The molecule has 0 saturated carbocycles. The second kappa shape index (κ2) is 5.76. The third kappa shape index (κ3) is 2.92. The maximum absolute atomic E-state index is 10.9. The molecule has 0 fully saturated rings. The molecular formula is C14H12N4O2S. The van der Waals surface area contributed by atoms with Gasteiger partial charge < -0.3 is 10.4 Å². The molecule has 2 aromatic heterocycles. The predicted octanol–water partition coefficient (Wildman–Crippen LogP) is 2.64. The first kappa shape index (κ1) is 13.3. The van der Waals surface area contributed by atoms with Crippen molar-refractivity contribution in [3.63, 3.8) is 0 Å². The quantitative estimate of drug-likeness (QED) is 0.757. The molecule has 2 heterocycles. The van der Waals surface area contributed by atoms with Gasteiger partial charge in [-0.3, -0.25) is 0 Å². The molecule has 0 radical (unpaired) electrons. The first-order valence-corrected chi connectivity index (χ1v) is 7.12. The number of nitrogens with one attached hydrogen (secondary N) is 1. The van der Waals surface area contributed by atoms with Gasteiger partial charge >= 0.3 is 5.97 Å². The molecule has 0 unspecified atom stereocenters. The van der Waals surface area contributed by atoms with E-state index in [1.165, 1.54) is 11.3 Å². The van der Waals surface area contributed by atoms with Gasteiger partial charge in [-0.1, -0.05) is 17.3 Å². The third-order valence-corrected chi connectivity index (χ3v) is 3.86. The van der Waals surface area contributed by atoms with E-state index in [0.29, 0.717) is 12.1 Å². The second-order valence-corrected chi connectivity index (χ2v) is 5.32. The van der Waals surface area contributed by atoms with E-state index in [0.717, 1.165) is 16.3 Å². The van der Waals surface area contributed by atoms with Gasteiger partial charge in [-0.05, 0) is 18.2 Å². The lowest BCUT2D eigenvalue weighted by Gasteiger charge is -2.10. The number of carboxylic acid groups (broad SMARTS) is 1. The minimum Gasteiger partial charge on any atom is -0.478 e. The van der Waals surface area contributed by atoms with E-state index in [1.54, 1.807) is 28.5 Å². The van der Waals surface area contributed by atoms with Crippen LogP contribution in [0.4, 0.5) is 5.69 Å². The monoisotopic (exact) mass is 300 g/mol. The van der Waals surface area contributed by atoms with Crippen molar-refractivity contribution in [1.29, 1.82) is 0 Å². The molecule has 0 amide bonds. The Morgan fingerprint density at radius 1 is 1.38 bits per heavy atom. The lowest BCUT2D eigenvalue weighted by molar-refractivity contribution is 0.0697. The van der Waals surface area contributed by atoms with Gasteiger partial charge in [0.05, 0.1) is 29.3 Å². The summed E-state index contributed by atoms with van der Waals surface area (Å²) < 4.78 is 1.68.